The van der Waals surface area contributed by atoms with E-state index >= 15 is 0 Å². The second-order valence-electron chi connectivity index (χ2n) is 8.51. The van der Waals surface area contributed by atoms with Crippen LogP contribution >= 0.6 is 0 Å². The summed E-state index contributed by atoms with van der Waals surface area (Å²) in [6.45, 7) is 7.50. The molecule has 182 valence electrons. The number of carbonyl (C=O) groups excluding carboxylic acids is 1. The third kappa shape index (κ3) is 5.13. The molecule has 3 rings (SSSR count). The van der Waals surface area contributed by atoms with Gasteiger partial charge in [0.2, 0.25) is 26.0 Å². The van der Waals surface area contributed by atoms with Crippen LogP contribution in [0, 0.1) is 19.8 Å². The molecule has 1 aromatic carbocycles. The van der Waals surface area contributed by atoms with E-state index < -0.39 is 26.1 Å². The molecule has 1 aliphatic rings. The number of amides is 1. The van der Waals surface area contributed by atoms with E-state index in [2.05, 4.69) is 9.82 Å². The van der Waals surface area contributed by atoms with Gasteiger partial charge in [-0.05, 0) is 31.9 Å². The van der Waals surface area contributed by atoms with Crippen LogP contribution < -0.4 is 4.72 Å². The van der Waals surface area contributed by atoms with E-state index in [4.69, 9.17) is 0 Å². The number of rotatable bonds is 7. The predicted molar refractivity (Wildman–Crippen MR) is 123 cm³/mol. The van der Waals surface area contributed by atoms with E-state index in [0.29, 0.717) is 11.4 Å². The van der Waals surface area contributed by atoms with Gasteiger partial charge in [0, 0.05) is 33.2 Å². The first kappa shape index (κ1) is 25.3. The molecular weight excluding hydrogens is 466 g/mol. The summed E-state index contributed by atoms with van der Waals surface area (Å²) in [4.78, 5) is 15.0. The molecule has 0 spiro atoms. The largest absolute Gasteiger partial charge is 0.339 e. The predicted octanol–water partition coefficient (Wildman–Crippen LogP) is 0.873. The van der Waals surface area contributed by atoms with Crippen molar-refractivity contribution in [2.75, 3.05) is 26.2 Å². The number of nitrogens with one attached hydrogen (secondary N) is 1. The second kappa shape index (κ2) is 9.53. The number of aromatic nitrogens is 2. The molecule has 1 aromatic heterocycles. The zero-order valence-electron chi connectivity index (χ0n) is 19.5. The highest BCUT2D eigenvalue weighted by molar-refractivity contribution is 7.89. The molecule has 0 unspecified atom stereocenters. The van der Waals surface area contributed by atoms with Gasteiger partial charge in [0.05, 0.1) is 16.3 Å². The van der Waals surface area contributed by atoms with Crippen molar-refractivity contribution in [1.82, 2.24) is 23.7 Å². The van der Waals surface area contributed by atoms with Crippen molar-refractivity contribution in [2.24, 2.45) is 13.0 Å². The molecule has 0 saturated carbocycles. The average Bonchev–Trinajstić information content (AvgIpc) is 3.03. The maximum absolute atomic E-state index is 13.2. The summed E-state index contributed by atoms with van der Waals surface area (Å²) in [7, 11) is -5.94. The summed E-state index contributed by atoms with van der Waals surface area (Å²) in [5.74, 6) is -0.659. The number of benzene rings is 1. The number of hydrogen-bond donors (Lipinski definition) is 1. The Balaban J connectivity index is 1.73. The van der Waals surface area contributed by atoms with Crippen molar-refractivity contribution >= 4 is 26.0 Å². The minimum atomic E-state index is -3.88. The van der Waals surface area contributed by atoms with Gasteiger partial charge >= 0.3 is 0 Å². The maximum Gasteiger partial charge on any atom is 0.246 e. The molecule has 1 aliphatic heterocycles. The van der Waals surface area contributed by atoms with Crippen molar-refractivity contribution in [3.63, 3.8) is 0 Å². The summed E-state index contributed by atoms with van der Waals surface area (Å²) in [5, 5.41) is 4.20. The fraction of sp³-hybridized carbons (Fsp3) is 0.524. The van der Waals surface area contributed by atoms with Crippen LogP contribution in [0.4, 0.5) is 0 Å². The van der Waals surface area contributed by atoms with Crippen LogP contribution in [0.25, 0.3) is 0 Å². The second-order valence-corrected chi connectivity index (χ2v) is 12.1. The molecule has 2 heterocycles. The summed E-state index contributed by atoms with van der Waals surface area (Å²) in [5.41, 5.74) is 0.991. The van der Waals surface area contributed by atoms with Gasteiger partial charge in [0.25, 0.3) is 0 Å². The third-order valence-electron chi connectivity index (χ3n) is 5.86. The van der Waals surface area contributed by atoms with Gasteiger partial charge in [-0.15, -0.1) is 0 Å². The quantitative estimate of drug-likeness (QED) is 0.606. The van der Waals surface area contributed by atoms with Gasteiger partial charge in [-0.2, -0.15) is 14.1 Å². The van der Waals surface area contributed by atoms with Gasteiger partial charge in [0.1, 0.15) is 10.9 Å². The van der Waals surface area contributed by atoms with Gasteiger partial charge < -0.3 is 4.90 Å². The average molecular weight is 498 g/mol. The minimum Gasteiger partial charge on any atom is -0.339 e. The molecule has 12 heteroatoms. The fourth-order valence-electron chi connectivity index (χ4n) is 3.91. The van der Waals surface area contributed by atoms with Gasteiger partial charge in [-0.25, -0.2) is 16.8 Å². The molecule has 0 bridgehead atoms. The zero-order valence-corrected chi connectivity index (χ0v) is 21.1. The highest BCUT2D eigenvalue weighted by Crippen LogP contribution is 2.24. The van der Waals surface area contributed by atoms with Crippen LogP contribution in [0.2, 0.25) is 0 Å². The normalized spacial score (nSPS) is 16.8. The van der Waals surface area contributed by atoms with E-state index in [-0.39, 0.29) is 47.8 Å². The van der Waals surface area contributed by atoms with Crippen molar-refractivity contribution in [2.45, 2.75) is 43.5 Å². The van der Waals surface area contributed by atoms with E-state index in [1.54, 1.807) is 52.9 Å². The molecule has 1 saturated heterocycles. The van der Waals surface area contributed by atoms with Crippen molar-refractivity contribution in [1.29, 1.82) is 0 Å². The van der Waals surface area contributed by atoms with E-state index in [1.807, 2.05) is 0 Å². The third-order valence-corrected chi connectivity index (χ3v) is 9.47. The highest BCUT2D eigenvalue weighted by Gasteiger charge is 2.37. The van der Waals surface area contributed by atoms with E-state index in [1.165, 1.54) is 26.0 Å². The number of carbonyl (C=O) groups is 1. The standard InChI is InChI=1S/C21H31N5O5S2/c1-15(2)19(23-32(28,29)18-9-7-6-8-10-18)21(27)25-11-13-26(14-12-25)33(30,31)20-16(3)22-24(5)17(20)4/h6-10,15,19,23H,11-14H2,1-5H3/t19-/m1/s1. The smallest absolute Gasteiger partial charge is 0.246 e. The summed E-state index contributed by atoms with van der Waals surface area (Å²) in [6, 6.07) is 6.93. The monoisotopic (exact) mass is 497 g/mol. The lowest BCUT2D eigenvalue weighted by molar-refractivity contribution is -0.135. The molecule has 2 aromatic rings. The Hall–Kier alpha value is -2.28. The van der Waals surface area contributed by atoms with Crippen LogP contribution in [-0.4, -0.2) is 73.9 Å². The zero-order chi connectivity index (χ0) is 24.6. The lowest BCUT2D eigenvalue weighted by Crippen LogP contribution is -2.57. The Kier molecular flexibility index (Phi) is 7.32. The van der Waals surface area contributed by atoms with Crippen LogP contribution in [0.3, 0.4) is 0 Å². The molecule has 1 N–H and O–H groups in total. The number of hydrogen-bond acceptors (Lipinski definition) is 6. The van der Waals surface area contributed by atoms with Crippen LogP contribution in [0.5, 0.6) is 0 Å². The van der Waals surface area contributed by atoms with Crippen LogP contribution in [-0.2, 0) is 31.9 Å². The SMILES string of the molecule is Cc1nn(C)c(C)c1S(=O)(=O)N1CCN(C(=O)[C@H](NS(=O)(=O)c2ccccc2)C(C)C)CC1. The van der Waals surface area contributed by atoms with Crippen molar-refractivity contribution < 1.29 is 21.6 Å². The van der Waals surface area contributed by atoms with Gasteiger partial charge in [-0.3, -0.25) is 9.48 Å². The van der Waals surface area contributed by atoms with E-state index in [9.17, 15) is 21.6 Å². The number of piperazine rings is 1. The Labute approximate surface area is 195 Å². The Morgan fingerprint density at radius 2 is 1.58 bits per heavy atom. The molecule has 33 heavy (non-hydrogen) atoms. The van der Waals surface area contributed by atoms with E-state index in [0.717, 1.165) is 0 Å². The molecule has 10 nitrogen and oxygen atoms in total. The van der Waals surface area contributed by atoms with Crippen LogP contribution in [0.15, 0.2) is 40.1 Å². The number of aryl methyl sites for hydroxylation is 2. The molecule has 0 aliphatic carbocycles. The topological polar surface area (TPSA) is 122 Å². The highest BCUT2D eigenvalue weighted by atomic mass is 32.2. The Bertz CT molecular complexity index is 1220. The fourth-order valence-corrected chi connectivity index (χ4v) is 7.09. The molecule has 1 fully saturated rings. The first-order chi connectivity index (χ1) is 15.4. The van der Waals surface area contributed by atoms with Gasteiger partial charge in [0.15, 0.2) is 0 Å². The lowest BCUT2D eigenvalue weighted by Gasteiger charge is -2.36. The summed E-state index contributed by atoms with van der Waals surface area (Å²) >= 11 is 0. The molecule has 1 amide bonds. The van der Waals surface area contributed by atoms with Crippen LogP contribution in [0.1, 0.15) is 25.2 Å². The Morgan fingerprint density at radius 1 is 1.00 bits per heavy atom. The van der Waals surface area contributed by atoms with Crippen molar-refractivity contribution in [3.8, 4) is 0 Å². The first-order valence-electron chi connectivity index (χ1n) is 10.7. The minimum absolute atomic E-state index is 0.0848. The number of nitrogens with zero attached hydrogens (tertiary/aromatic N) is 4. The molecule has 1 atom stereocenters. The van der Waals surface area contributed by atoms with Crippen molar-refractivity contribution in [3.05, 3.63) is 41.7 Å². The summed E-state index contributed by atoms with van der Waals surface area (Å²) in [6.07, 6.45) is 0. The molecular formula is C21H31N5O5S2. The maximum atomic E-state index is 13.2. The lowest BCUT2D eigenvalue weighted by atomic mass is 10.0. The first-order valence-corrected chi connectivity index (χ1v) is 13.6. The summed E-state index contributed by atoms with van der Waals surface area (Å²) < 4.78 is 57.3. The Morgan fingerprint density at radius 3 is 2.06 bits per heavy atom. The molecule has 0 radical (unpaired) electrons. The number of sulfonamides is 2. The van der Waals surface area contributed by atoms with Gasteiger partial charge in [-0.1, -0.05) is 32.0 Å².